The third kappa shape index (κ3) is 2.51. The van der Waals surface area contributed by atoms with Gasteiger partial charge in [0.25, 0.3) is 0 Å². The van der Waals surface area contributed by atoms with E-state index in [0.717, 1.165) is 54.4 Å². The molecule has 3 aromatic rings. The summed E-state index contributed by atoms with van der Waals surface area (Å²) in [7, 11) is 2.10. The zero-order valence-electron chi connectivity index (χ0n) is 14.5. The molecule has 2 aliphatic heterocycles. The monoisotopic (exact) mass is 358 g/mol. The van der Waals surface area contributed by atoms with Crippen LogP contribution in [0.4, 0.5) is 11.8 Å². The van der Waals surface area contributed by atoms with Crippen molar-refractivity contribution in [1.82, 2.24) is 19.5 Å². The zero-order valence-corrected chi connectivity index (χ0v) is 15.3. The largest absolute Gasteiger partial charge is 0.356 e. The summed E-state index contributed by atoms with van der Waals surface area (Å²) in [4.78, 5) is 19.1. The van der Waals surface area contributed by atoms with Crippen LogP contribution in [0.15, 0.2) is 18.5 Å². The van der Waals surface area contributed by atoms with Crippen LogP contribution in [0.2, 0.25) is 0 Å². The van der Waals surface area contributed by atoms with Crippen LogP contribution in [-0.4, -0.2) is 45.7 Å². The van der Waals surface area contributed by atoms with E-state index in [1.807, 2.05) is 12.4 Å². The van der Waals surface area contributed by atoms with Crippen molar-refractivity contribution in [1.29, 1.82) is 0 Å². The lowest BCUT2D eigenvalue weighted by Gasteiger charge is -2.21. The van der Waals surface area contributed by atoms with Gasteiger partial charge >= 0.3 is 0 Å². The van der Waals surface area contributed by atoms with E-state index in [2.05, 4.69) is 32.5 Å². The molecule has 2 fully saturated rings. The first-order valence-electron chi connectivity index (χ1n) is 8.93. The molecule has 0 N–H and O–H groups in total. The highest BCUT2D eigenvalue weighted by molar-refractivity contribution is 6.12. The Balaban J connectivity index is 0.00000157. The Morgan fingerprint density at radius 1 is 0.920 bits per heavy atom. The van der Waals surface area contributed by atoms with Gasteiger partial charge in [-0.1, -0.05) is 0 Å². The van der Waals surface area contributed by atoms with Crippen LogP contribution in [0, 0.1) is 0 Å². The van der Waals surface area contributed by atoms with E-state index in [0.29, 0.717) is 0 Å². The van der Waals surface area contributed by atoms with Crippen molar-refractivity contribution < 1.29 is 0 Å². The Labute approximate surface area is 153 Å². The quantitative estimate of drug-likeness (QED) is 0.704. The molecule has 7 heteroatoms. The Morgan fingerprint density at radius 3 is 2.32 bits per heavy atom. The molecule has 0 saturated carbocycles. The predicted molar refractivity (Wildman–Crippen MR) is 104 cm³/mol. The fourth-order valence-corrected chi connectivity index (χ4v) is 4.11. The van der Waals surface area contributed by atoms with E-state index in [-0.39, 0.29) is 12.4 Å². The first kappa shape index (κ1) is 16.4. The van der Waals surface area contributed by atoms with Gasteiger partial charge in [0.15, 0.2) is 0 Å². The number of nitrogens with zero attached hydrogens (tertiary/aromatic N) is 6. The normalized spacial score (nSPS) is 17.6. The fourth-order valence-electron chi connectivity index (χ4n) is 4.11. The molecular formula is C18H23ClN6. The molecule has 2 aliphatic rings. The second-order valence-corrected chi connectivity index (χ2v) is 6.89. The van der Waals surface area contributed by atoms with Crippen molar-refractivity contribution >= 4 is 46.1 Å². The first-order valence-corrected chi connectivity index (χ1v) is 8.93. The minimum absolute atomic E-state index is 0. The van der Waals surface area contributed by atoms with Crippen LogP contribution in [0.3, 0.4) is 0 Å². The van der Waals surface area contributed by atoms with Gasteiger partial charge in [-0.05, 0) is 31.7 Å². The second kappa shape index (κ2) is 6.33. The topological polar surface area (TPSA) is 50.1 Å². The van der Waals surface area contributed by atoms with Crippen LogP contribution in [0.5, 0.6) is 0 Å². The summed E-state index contributed by atoms with van der Waals surface area (Å²) in [5.41, 5.74) is 2.20. The molecule has 0 aromatic carbocycles. The maximum atomic E-state index is 5.03. The number of rotatable bonds is 2. The van der Waals surface area contributed by atoms with Crippen LogP contribution in [0.1, 0.15) is 25.7 Å². The lowest BCUT2D eigenvalue weighted by Crippen LogP contribution is -2.24. The third-order valence-corrected chi connectivity index (χ3v) is 5.40. The second-order valence-electron chi connectivity index (χ2n) is 6.89. The molecular weight excluding hydrogens is 336 g/mol. The number of hydrogen-bond donors (Lipinski definition) is 0. The van der Waals surface area contributed by atoms with Crippen molar-refractivity contribution in [3.63, 3.8) is 0 Å². The number of aromatic nitrogens is 4. The number of fused-ring (bicyclic) bond motifs is 3. The highest BCUT2D eigenvalue weighted by atomic mass is 35.5. The molecule has 132 valence electrons. The first-order chi connectivity index (χ1) is 11.8. The molecule has 5 heterocycles. The molecule has 0 spiro atoms. The van der Waals surface area contributed by atoms with Crippen molar-refractivity contribution in [2.75, 3.05) is 36.0 Å². The summed E-state index contributed by atoms with van der Waals surface area (Å²) in [5.74, 6) is 1.98. The van der Waals surface area contributed by atoms with Crippen molar-refractivity contribution in [3.8, 4) is 0 Å². The van der Waals surface area contributed by atoms with E-state index >= 15 is 0 Å². The lowest BCUT2D eigenvalue weighted by atomic mass is 10.2. The van der Waals surface area contributed by atoms with Gasteiger partial charge in [-0.15, -0.1) is 12.4 Å². The van der Waals surface area contributed by atoms with Crippen molar-refractivity contribution in [2.45, 2.75) is 25.7 Å². The molecule has 2 saturated heterocycles. The summed E-state index contributed by atoms with van der Waals surface area (Å²) in [6, 6.07) is 2.07. The van der Waals surface area contributed by atoms with Gasteiger partial charge in [-0.2, -0.15) is 9.97 Å². The minimum atomic E-state index is 0. The van der Waals surface area contributed by atoms with Gasteiger partial charge in [-0.25, -0.2) is 0 Å². The highest BCUT2D eigenvalue weighted by Gasteiger charge is 2.25. The van der Waals surface area contributed by atoms with Crippen molar-refractivity contribution in [2.24, 2.45) is 7.05 Å². The summed E-state index contributed by atoms with van der Waals surface area (Å²) in [6.07, 6.45) is 8.77. The summed E-state index contributed by atoms with van der Waals surface area (Å²) in [5, 5.41) is 2.32. The van der Waals surface area contributed by atoms with Gasteiger partial charge in [0, 0.05) is 51.0 Å². The number of hydrogen-bond acceptors (Lipinski definition) is 5. The molecule has 0 atom stereocenters. The molecule has 0 amide bonds. The minimum Gasteiger partial charge on any atom is -0.356 e. The molecule has 6 nitrogen and oxygen atoms in total. The van der Waals surface area contributed by atoms with Gasteiger partial charge in [-0.3, -0.25) is 4.98 Å². The van der Waals surface area contributed by atoms with Crippen LogP contribution in [-0.2, 0) is 7.05 Å². The lowest BCUT2D eigenvalue weighted by molar-refractivity contribution is 0.873. The maximum absolute atomic E-state index is 5.03. The van der Waals surface area contributed by atoms with Crippen LogP contribution in [0.25, 0.3) is 21.9 Å². The number of pyridine rings is 1. The average Bonchev–Trinajstić information content (AvgIpc) is 3.36. The number of anilines is 2. The molecule has 0 radical (unpaired) electrons. The van der Waals surface area contributed by atoms with E-state index in [4.69, 9.17) is 9.97 Å². The number of halogens is 1. The van der Waals surface area contributed by atoms with E-state index in [9.17, 15) is 0 Å². The summed E-state index contributed by atoms with van der Waals surface area (Å²) < 4.78 is 2.19. The van der Waals surface area contributed by atoms with Gasteiger partial charge in [0.05, 0.1) is 10.9 Å². The van der Waals surface area contributed by atoms with Crippen LogP contribution >= 0.6 is 12.4 Å². The Hall–Kier alpha value is -2.08. The SMILES string of the molecule is Cl.Cn1c2ccncc2c2c(N3CCCC3)nc(N3CCCC3)nc21. The van der Waals surface area contributed by atoms with Crippen molar-refractivity contribution in [3.05, 3.63) is 18.5 Å². The summed E-state index contributed by atoms with van der Waals surface area (Å²) in [6.45, 7) is 4.30. The van der Waals surface area contributed by atoms with Crippen LogP contribution < -0.4 is 9.80 Å². The highest BCUT2D eigenvalue weighted by Crippen LogP contribution is 2.36. The molecule has 3 aromatic heterocycles. The zero-order chi connectivity index (χ0) is 16.1. The Bertz CT molecular complexity index is 909. The molecule has 0 aliphatic carbocycles. The van der Waals surface area contributed by atoms with Gasteiger partial charge < -0.3 is 14.4 Å². The predicted octanol–water partition coefficient (Wildman–Crippen LogP) is 3.14. The van der Waals surface area contributed by atoms with E-state index in [1.54, 1.807) is 0 Å². The number of aryl methyl sites for hydroxylation is 1. The summed E-state index contributed by atoms with van der Waals surface area (Å²) >= 11 is 0. The fraction of sp³-hybridized carbons (Fsp3) is 0.500. The molecule has 0 unspecified atom stereocenters. The van der Waals surface area contributed by atoms with E-state index in [1.165, 1.54) is 31.2 Å². The van der Waals surface area contributed by atoms with Gasteiger partial charge in [0.2, 0.25) is 5.95 Å². The third-order valence-electron chi connectivity index (χ3n) is 5.40. The maximum Gasteiger partial charge on any atom is 0.229 e. The van der Waals surface area contributed by atoms with Gasteiger partial charge in [0.1, 0.15) is 11.5 Å². The van der Waals surface area contributed by atoms with E-state index < -0.39 is 0 Å². The standard InChI is InChI=1S/C18H22N6.ClH/c1-22-14-6-7-19-12-13(14)15-16(22)20-18(24-10-4-5-11-24)21-17(15)23-8-2-3-9-23;/h6-7,12H,2-5,8-11H2,1H3;1H. The molecule has 5 rings (SSSR count). The Morgan fingerprint density at radius 2 is 1.60 bits per heavy atom. The average molecular weight is 359 g/mol. The smallest absolute Gasteiger partial charge is 0.229 e. The molecule has 0 bridgehead atoms. The Kier molecular flexibility index (Phi) is 4.15. The molecule has 25 heavy (non-hydrogen) atoms.